The van der Waals surface area contributed by atoms with E-state index in [0.29, 0.717) is 16.3 Å². The zero-order chi connectivity index (χ0) is 18.9. The van der Waals surface area contributed by atoms with E-state index in [4.69, 9.17) is 17.2 Å². The number of rotatable bonds is 2. The molecule has 4 rings (SSSR count). The SMILES string of the molecule is O=C(c1ccccc1)N1C(=S)C(c2ccc(F)cc2)=NC12CCCCCC2. The number of thiocarbonyl (C=S) groups is 1. The van der Waals surface area contributed by atoms with E-state index in [1.807, 2.05) is 30.3 Å². The van der Waals surface area contributed by atoms with Crippen LogP contribution in [0.25, 0.3) is 0 Å². The number of aliphatic imine (C=N–C) groups is 1. The summed E-state index contributed by atoms with van der Waals surface area (Å²) < 4.78 is 13.4. The molecule has 0 unspecified atom stereocenters. The molecule has 0 atom stereocenters. The van der Waals surface area contributed by atoms with Crippen molar-refractivity contribution in [3.8, 4) is 0 Å². The van der Waals surface area contributed by atoms with Crippen molar-refractivity contribution in [1.82, 2.24) is 4.90 Å². The van der Waals surface area contributed by atoms with Crippen molar-refractivity contribution < 1.29 is 9.18 Å². The van der Waals surface area contributed by atoms with Crippen LogP contribution in [0.4, 0.5) is 4.39 Å². The molecule has 1 aliphatic carbocycles. The average molecular weight is 380 g/mol. The lowest BCUT2D eigenvalue weighted by Crippen LogP contribution is -2.49. The van der Waals surface area contributed by atoms with Gasteiger partial charge in [-0.15, -0.1) is 0 Å². The van der Waals surface area contributed by atoms with Gasteiger partial charge >= 0.3 is 0 Å². The van der Waals surface area contributed by atoms with Crippen molar-refractivity contribution in [2.45, 2.75) is 44.2 Å². The van der Waals surface area contributed by atoms with Gasteiger partial charge in [0.15, 0.2) is 0 Å². The molecule has 3 nitrogen and oxygen atoms in total. The van der Waals surface area contributed by atoms with Gasteiger partial charge in [0.25, 0.3) is 5.91 Å². The summed E-state index contributed by atoms with van der Waals surface area (Å²) in [6.07, 6.45) is 5.92. The maximum atomic E-state index is 13.4. The molecule has 27 heavy (non-hydrogen) atoms. The zero-order valence-electron chi connectivity index (χ0n) is 15.0. The van der Waals surface area contributed by atoms with Gasteiger partial charge in [0.05, 0.1) is 0 Å². The minimum atomic E-state index is -0.621. The normalized spacial score (nSPS) is 19.1. The lowest BCUT2D eigenvalue weighted by Gasteiger charge is -2.35. The second-order valence-electron chi connectivity index (χ2n) is 7.18. The molecule has 0 bridgehead atoms. The molecule has 1 heterocycles. The number of halogens is 1. The van der Waals surface area contributed by atoms with E-state index in [9.17, 15) is 9.18 Å². The molecule has 0 N–H and O–H groups in total. The van der Waals surface area contributed by atoms with Gasteiger partial charge in [-0.1, -0.05) is 43.3 Å². The molecular formula is C22H21FN2OS. The molecule has 2 aromatic rings. The van der Waals surface area contributed by atoms with E-state index < -0.39 is 5.66 Å². The second-order valence-corrected chi connectivity index (χ2v) is 7.56. The van der Waals surface area contributed by atoms with Gasteiger partial charge in [0.2, 0.25) is 0 Å². The van der Waals surface area contributed by atoms with Crippen molar-refractivity contribution >= 4 is 28.8 Å². The Balaban J connectivity index is 1.78. The monoisotopic (exact) mass is 380 g/mol. The van der Waals surface area contributed by atoms with Crippen molar-refractivity contribution in [3.63, 3.8) is 0 Å². The topological polar surface area (TPSA) is 32.7 Å². The molecule has 1 spiro atoms. The van der Waals surface area contributed by atoms with Gasteiger partial charge in [0.1, 0.15) is 22.2 Å². The summed E-state index contributed by atoms with van der Waals surface area (Å²) in [6, 6.07) is 15.4. The summed E-state index contributed by atoms with van der Waals surface area (Å²) >= 11 is 5.73. The Morgan fingerprint density at radius 1 is 0.963 bits per heavy atom. The van der Waals surface area contributed by atoms with E-state index in [-0.39, 0.29) is 11.7 Å². The number of hydrogen-bond donors (Lipinski definition) is 0. The quantitative estimate of drug-likeness (QED) is 0.675. The van der Waals surface area contributed by atoms with Crippen LogP contribution < -0.4 is 0 Å². The fourth-order valence-electron chi connectivity index (χ4n) is 4.02. The Kier molecular flexibility index (Phi) is 4.87. The average Bonchev–Trinajstić information content (AvgIpc) is 2.83. The van der Waals surface area contributed by atoms with E-state index in [2.05, 4.69) is 0 Å². The fourth-order valence-corrected chi connectivity index (χ4v) is 4.43. The lowest BCUT2D eigenvalue weighted by molar-refractivity contribution is 0.0692. The molecule has 2 aliphatic rings. The van der Waals surface area contributed by atoms with E-state index in [1.54, 1.807) is 17.0 Å². The van der Waals surface area contributed by atoms with Crippen LogP contribution in [0.3, 0.4) is 0 Å². The van der Waals surface area contributed by atoms with Gasteiger partial charge < -0.3 is 0 Å². The lowest BCUT2D eigenvalue weighted by atomic mass is 9.99. The summed E-state index contributed by atoms with van der Waals surface area (Å²) in [5.74, 6) is -0.409. The Morgan fingerprint density at radius 3 is 2.22 bits per heavy atom. The molecule has 138 valence electrons. The Morgan fingerprint density at radius 2 is 1.59 bits per heavy atom. The molecule has 1 fully saturated rings. The van der Waals surface area contributed by atoms with Crippen LogP contribution in [0, 0.1) is 5.82 Å². The number of carbonyl (C=O) groups is 1. The van der Waals surface area contributed by atoms with Gasteiger partial charge in [-0.05, 0) is 62.1 Å². The molecule has 1 amide bonds. The van der Waals surface area contributed by atoms with Crippen LogP contribution in [0.5, 0.6) is 0 Å². The van der Waals surface area contributed by atoms with Gasteiger partial charge in [0, 0.05) is 11.1 Å². The first-order chi connectivity index (χ1) is 13.1. The van der Waals surface area contributed by atoms with Gasteiger partial charge in [-0.25, -0.2) is 4.39 Å². The third kappa shape index (κ3) is 3.32. The Bertz CT molecular complexity index is 884. The predicted molar refractivity (Wildman–Crippen MR) is 109 cm³/mol. The van der Waals surface area contributed by atoms with Crippen molar-refractivity contribution in [2.24, 2.45) is 4.99 Å². The van der Waals surface area contributed by atoms with Crippen molar-refractivity contribution in [3.05, 3.63) is 71.5 Å². The third-order valence-electron chi connectivity index (χ3n) is 5.39. The minimum absolute atomic E-state index is 0.108. The van der Waals surface area contributed by atoms with Crippen LogP contribution in [-0.4, -0.2) is 27.2 Å². The number of benzene rings is 2. The van der Waals surface area contributed by atoms with Crippen LogP contribution in [0.1, 0.15) is 54.4 Å². The van der Waals surface area contributed by atoms with Crippen LogP contribution in [-0.2, 0) is 0 Å². The number of nitrogens with zero attached hydrogens (tertiary/aromatic N) is 2. The maximum Gasteiger partial charge on any atom is 0.260 e. The van der Waals surface area contributed by atoms with Crippen molar-refractivity contribution in [1.29, 1.82) is 0 Å². The molecular weight excluding hydrogens is 359 g/mol. The first-order valence-electron chi connectivity index (χ1n) is 9.40. The number of hydrogen-bond acceptors (Lipinski definition) is 3. The highest BCUT2D eigenvalue weighted by Crippen LogP contribution is 2.40. The summed E-state index contributed by atoms with van der Waals surface area (Å²) in [5, 5.41) is 0. The van der Waals surface area contributed by atoms with Crippen molar-refractivity contribution in [2.75, 3.05) is 0 Å². The number of carbonyl (C=O) groups excluding carboxylic acids is 1. The highest BCUT2D eigenvalue weighted by atomic mass is 32.1. The van der Waals surface area contributed by atoms with Crippen LogP contribution in [0.15, 0.2) is 59.6 Å². The molecule has 2 aromatic carbocycles. The highest BCUT2D eigenvalue weighted by Gasteiger charge is 2.48. The smallest absolute Gasteiger partial charge is 0.260 e. The van der Waals surface area contributed by atoms with E-state index in [1.165, 1.54) is 12.1 Å². The van der Waals surface area contributed by atoms with Gasteiger partial charge in [-0.3, -0.25) is 14.7 Å². The third-order valence-corrected chi connectivity index (χ3v) is 5.76. The van der Waals surface area contributed by atoms with E-state index >= 15 is 0 Å². The zero-order valence-corrected chi connectivity index (χ0v) is 15.8. The van der Waals surface area contributed by atoms with Crippen LogP contribution in [0.2, 0.25) is 0 Å². The first-order valence-corrected chi connectivity index (χ1v) is 9.81. The largest absolute Gasteiger partial charge is 0.271 e. The Labute approximate surface area is 163 Å². The predicted octanol–water partition coefficient (Wildman–Crippen LogP) is 5.15. The summed E-state index contributed by atoms with van der Waals surface area (Å²) in [6.45, 7) is 0. The molecule has 1 saturated carbocycles. The molecule has 0 saturated heterocycles. The second kappa shape index (κ2) is 7.31. The molecule has 0 radical (unpaired) electrons. The standard InChI is InChI=1S/C22H21FN2OS/c23-18-12-10-16(11-13-18)19-21(27)25(20(26)17-8-4-3-5-9-17)22(24-19)14-6-1-2-7-15-22/h3-5,8-13H,1-2,6-7,14-15H2. The summed E-state index contributed by atoms with van der Waals surface area (Å²) in [4.78, 5) is 20.6. The van der Waals surface area contributed by atoms with E-state index in [0.717, 1.165) is 44.1 Å². The maximum absolute atomic E-state index is 13.4. The highest BCUT2D eigenvalue weighted by molar-refractivity contribution is 7.82. The van der Waals surface area contributed by atoms with Gasteiger partial charge in [-0.2, -0.15) is 0 Å². The fraction of sp³-hybridized carbons (Fsp3) is 0.318. The summed E-state index contributed by atoms with van der Waals surface area (Å²) in [7, 11) is 0. The molecule has 0 aromatic heterocycles. The van der Waals surface area contributed by atoms with Crippen LogP contribution >= 0.6 is 12.2 Å². The summed E-state index contributed by atoms with van der Waals surface area (Å²) in [5.41, 5.74) is 1.37. The minimum Gasteiger partial charge on any atom is -0.271 e. The number of amides is 1. The first kappa shape index (κ1) is 18.0. The molecule has 1 aliphatic heterocycles. The molecule has 5 heteroatoms. The Hall–Kier alpha value is -2.40.